The first-order valence-electron chi connectivity index (χ1n) is 10.3. The smallest absolute Gasteiger partial charge is 0.225 e. The zero-order valence-electron chi connectivity index (χ0n) is 17.0. The van der Waals surface area contributed by atoms with Gasteiger partial charge in [-0.1, -0.05) is 46.3 Å². The second kappa shape index (κ2) is 9.09. The molecule has 1 fully saturated rings. The molecule has 0 amide bonds. The summed E-state index contributed by atoms with van der Waals surface area (Å²) in [7, 11) is 4.06. The number of nitrogens with one attached hydrogen (secondary N) is 2. The number of para-hydroxylation sites is 1. The minimum absolute atomic E-state index is 0.424. The molecule has 1 aliphatic rings. The summed E-state index contributed by atoms with van der Waals surface area (Å²) in [5.41, 5.74) is 2.30. The lowest BCUT2D eigenvalue weighted by molar-refractivity contribution is 0.352. The van der Waals surface area contributed by atoms with Crippen molar-refractivity contribution >= 4 is 38.6 Å². The lowest BCUT2D eigenvalue weighted by Gasteiger charge is -2.30. The molecule has 1 saturated carbocycles. The Hall–Kier alpha value is -2.18. The van der Waals surface area contributed by atoms with E-state index in [2.05, 4.69) is 67.9 Å². The van der Waals surface area contributed by atoms with Crippen molar-refractivity contribution in [2.45, 2.75) is 44.3 Å². The topological polar surface area (TPSA) is 53.1 Å². The van der Waals surface area contributed by atoms with Crippen LogP contribution in [0.5, 0.6) is 0 Å². The molecule has 0 bridgehead atoms. The van der Waals surface area contributed by atoms with Crippen molar-refractivity contribution in [3.05, 3.63) is 58.6 Å². The van der Waals surface area contributed by atoms with Crippen LogP contribution < -0.4 is 15.5 Å². The Morgan fingerprint density at radius 3 is 2.38 bits per heavy atom. The number of aromatic nitrogens is 2. The summed E-state index contributed by atoms with van der Waals surface area (Å²) in [5.74, 6) is 1.69. The Morgan fingerprint density at radius 2 is 1.62 bits per heavy atom. The maximum absolute atomic E-state index is 4.78. The van der Waals surface area contributed by atoms with Crippen molar-refractivity contribution in [3.8, 4) is 0 Å². The number of hydrogen-bond donors (Lipinski definition) is 2. The average Bonchev–Trinajstić information content (AvgIpc) is 2.73. The maximum Gasteiger partial charge on any atom is 0.225 e. The van der Waals surface area contributed by atoms with Crippen LogP contribution in [0.15, 0.2) is 53.0 Å². The molecule has 6 heteroatoms. The van der Waals surface area contributed by atoms with E-state index < -0.39 is 0 Å². The summed E-state index contributed by atoms with van der Waals surface area (Å²) in [6.07, 6.45) is 4.58. The van der Waals surface area contributed by atoms with Gasteiger partial charge < -0.3 is 15.5 Å². The fraction of sp³-hybridized carbons (Fsp3) is 0.391. The molecule has 152 valence electrons. The predicted octanol–water partition coefficient (Wildman–Crippen LogP) is 4.97. The highest BCUT2D eigenvalue weighted by molar-refractivity contribution is 9.10. The lowest BCUT2D eigenvalue weighted by Crippen LogP contribution is -2.37. The number of halogens is 1. The molecule has 0 saturated heterocycles. The van der Waals surface area contributed by atoms with Gasteiger partial charge in [0.15, 0.2) is 0 Å². The van der Waals surface area contributed by atoms with Crippen molar-refractivity contribution in [1.29, 1.82) is 0 Å². The molecule has 29 heavy (non-hydrogen) atoms. The molecule has 5 nitrogen and oxygen atoms in total. The van der Waals surface area contributed by atoms with Gasteiger partial charge in [0.2, 0.25) is 5.95 Å². The van der Waals surface area contributed by atoms with Gasteiger partial charge in [-0.2, -0.15) is 4.98 Å². The molecule has 1 heterocycles. The molecule has 0 atom stereocenters. The quantitative estimate of drug-likeness (QED) is 0.551. The van der Waals surface area contributed by atoms with Crippen molar-refractivity contribution in [2.24, 2.45) is 0 Å². The Bertz CT molecular complexity index is 966. The molecular formula is C23H28BrN5. The van der Waals surface area contributed by atoms with E-state index in [4.69, 9.17) is 9.97 Å². The Morgan fingerprint density at radius 1 is 0.931 bits per heavy atom. The molecule has 1 aromatic heterocycles. The first-order chi connectivity index (χ1) is 14.1. The fourth-order valence-corrected chi connectivity index (χ4v) is 4.41. The summed E-state index contributed by atoms with van der Waals surface area (Å²) in [4.78, 5) is 11.6. The third kappa shape index (κ3) is 4.87. The van der Waals surface area contributed by atoms with E-state index in [0.29, 0.717) is 12.1 Å². The van der Waals surface area contributed by atoms with E-state index >= 15 is 0 Å². The third-order valence-electron chi connectivity index (χ3n) is 5.61. The molecular weight excluding hydrogens is 426 g/mol. The number of benzene rings is 2. The highest BCUT2D eigenvalue weighted by Crippen LogP contribution is 2.26. The summed E-state index contributed by atoms with van der Waals surface area (Å²) >= 11 is 3.63. The van der Waals surface area contributed by atoms with Gasteiger partial charge >= 0.3 is 0 Å². The van der Waals surface area contributed by atoms with Gasteiger partial charge in [0.1, 0.15) is 5.82 Å². The zero-order chi connectivity index (χ0) is 20.2. The molecule has 3 aromatic rings. The first kappa shape index (κ1) is 20.1. The summed E-state index contributed by atoms with van der Waals surface area (Å²) in [6.45, 7) is 0.907. The predicted molar refractivity (Wildman–Crippen MR) is 125 cm³/mol. The molecule has 0 spiro atoms. The van der Waals surface area contributed by atoms with Crippen LogP contribution in [0.2, 0.25) is 0 Å². The Balaban J connectivity index is 1.35. The van der Waals surface area contributed by atoms with Gasteiger partial charge in [-0.15, -0.1) is 0 Å². The summed E-state index contributed by atoms with van der Waals surface area (Å²) in [6, 6.07) is 17.6. The van der Waals surface area contributed by atoms with Crippen LogP contribution in [0, 0.1) is 0 Å². The molecule has 0 unspecified atom stereocenters. The molecule has 2 aromatic carbocycles. The number of nitrogens with zero attached hydrogens (tertiary/aromatic N) is 3. The van der Waals surface area contributed by atoms with E-state index in [9.17, 15) is 0 Å². The Kier molecular flexibility index (Phi) is 6.31. The largest absolute Gasteiger partial charge is 0.362 e. The number of anilines is 2. The fourth-order valence-electron chi connectivity index (χ4n) is 3.99. The van der Waals surface area contributed by atoms with E-state index in [0.717, 1.165) is 54.9 Å². The van der Waals surface area contributed by atoms with Gasteiger partial charge in [-0.3, -0.25) is 0 Å². The van der Waals surface area contributed by atoms with Gasteiger partial charge in [-0.05, 0) is 49.4 Å². The van der Waals surface area contributed by atoms with E-state index in [1.807, 2.05) is 26.2 Å². The monoisotopic (exact) mass is 453 g/mol. The van der Waals surface area contributed by atoms with E-state index in [1.165, 1.54) is 10.0 Å². The molecule has 4 rings (SSSR count). The number of hydrogen-bond acceptors (Lipinski definition) is 5. The van der Waals surface area contributed by atoms with Crippen molar-refractivity contribution in [2.75, 3.05) is 24.3 Å². The molecule has 2 N–H and O–H groups in total. The minimum atomic E-state index is 0.424. The highest BCUT2D eigenvalue weighted by Gasteiger charge is 2.22. The molecule has 0 aliphatic heterocycles. The van der Waals surface area contributed by atoms with Crippen LogP contribution in [-0.4, -0.2) is 36.1 Å². The first-order valence-corrected chi connectivity index (χ1v) is 11.1. The second-order valence-electron chi connectivity index (χ2n) is 7.95. The number of fused-ring (bicyclic) bond motifs is 1. The van der Waals surface area contributed by atoms with E-state index in [1.54, 1.807) is 0 Å². The summed E-state index contributed by atoms with van der Waals surface area (Å²) < 4.78 is 1.17. The van der Waals surface area contributed by atoms with Crippen LogP contribution in [0.1, 0.15) is 31.2 Å². The van der Waals surface area contributed by atoms with Crippen molar-refractivity contribution < 1.29 is 0 Å². The van der Waals surface area contributed by atoms with Gasteiger partial charge in [-0.25, -0.2) is 4.98 Å². The molecule has 0 radical (unpaired) electrons. The van der Waals surface area contributed by atoms with Crippen LogP contribution in [0.25, 0.3) is 10.9 Å². The van der Waals surface area contributed by atoms with Gasteiger partial charge in [0, 0.05) is 42.6 Å². The molecule has 1 aliphatic carbocycles. The SMILES string of the molecule is CN(C)c1nc(NC2CCC(NCc3ccccc3Br)CC2)nc2ccccc12. The van der Waals surface area contributed by atoms with Gasteiger partial charge in [0.05, 0.1) is 5.52 Å². The van der Waals surface area contributed by atoms with Crippen LogP contribution >= 0.6 is 15.9 Å². The second-order valence-corrected chi connectivity index (χ2v) is 8.80. The van der Waals surface area contributed by atoms with Gasteiger partial charge in [0.25, 0.3) is 0 Å². The average molecular weight is 454 g/mol. The van der Waals surface area contributed by atoms with E-state index in [-0.39, 0.29) is 0 Å². The standard InChI is InChI=1S/C23H28BrN5/c1-29(2)22-19-8-4-6-10-21(19)27-23(28-22)26-18-13-11-17(12-14-18)25-15-16-7-3-5-9-20(16)24/h3-10,17-18,25H,11-15H2,1-2H3,(H,26,27,28). The highest BCUT2D eigenvalue weighted by atomic mass is 79.9. The van der Waals surface area contributed by atoms with Crippen LogP contribution in [0.3, 0.4) is 0 Å². The minimum Gasteiger partial charge on any atom is -0.362 e. The van der Waals surface area contributed by atoms with Crippen LogP contribution in [0.4, 0.5) is 11.8 Å². The maximum atomic E-state index is 4.78. The van der Waals surface area contributed by atoms with Crippen molar-refractivity contribution in [3.63, 3.8) is 0 Å². The zero-order valence-corrected chi connectivity index (χ0v) is 18.6. The lowest BCUT2D eigenvalue weighted by atomic mass is 9.91. The number of rotatable bonds is 6. The Labute approximate surface area is 181 Å². The third-order valence-corrected chi connectivity index (χ3v) is 6.38. The summed E-state index contributed by atoms with van der Waals surface area (Å²) in [5, 5.41) is 8.39. The van der Waals surface area contributed by atoms with Crippen LogP contribution in [-0.2, 0) is 6.54 Å². The normalized spacial score (nSPS) is 19.3. The van der Waals surface area contributed by atoms with Crippen molar-refractivity contribution in [1.82, 2.24) is 15.3 Å².